The third-order valence-corrected chi connectivity index (χ3v) is 4.04. The maximum absolute atomic E-state index is 5.91. The Morgan fingerprint density at radius 3 is 2.45 bits per heavy atom. The second-order valence-electron chi connectivity index (χ2n) is 6.40. The Hall–Kier alpha value is -2.93. The summed E-state index contributed by atoms with van der Waals surface area (Å²) in [4.78, 5) is 4.27. The Kier molecular flexibility index (Phi) is 9.65. The van der Waals surface area contributed by atoms with Gasteiger partial charge < -0.3 is 29.6 Å². The van der Waals surface area contributed by atoms with Crippen molar-refractivity contribution < 1.29 is 18.9 Å². The Morgan fingerprint density at radius 1 is 1.00 bits per heavy atom. The fourth-order valence-electron chi connectivity index (χ4n) is 2.54. The average Bonchev–Trinajstić information content (AvgIpc) is 2.75. The van der Waals surface area contributed by atoms with Crippen molar-refractivity contribution in [2.75, 3.05) is 46.3 Å². The van der Waals surface area contributed by atoms with Crippen LogP contribution in [0.3, 0.4) is 0 Å². The van der Waals surface area contributed by atoms with E-state index in [-0.39, 0.29) is 6.10 Å². The van der Waals surface area contributed by atoms with Crippen molar-refractivity contribution in [3.05, 3.63) is 48.5 Å². The van der Waals surface area contributed by atoms with Crippen molar-refractivity contribution in [3.63, 3.8) is 0 Å². The summed E-state index contributed by atoms with van der Waals surface area (Å²) < 4.78 is 21.8. The van der Waals surface area contributed by atoms with Crippen molar-refractivity contribution in [1.29, 1.82) is 0 Å². The van der Waals surface area contributed by atoms with Crippen molar-refractivity contribution in [2.45, 2.75) is 19.4 Å². The molecule has 2 aromatic carbocycles. The number of nitrogens with zero attached hydrogens (tertiary/aromatic N) is 1. The van der Waals surface area contributed by atoms with Gasteiger partial charge in [-0.05, 0) is 43.3 Å². The van der Waals surface area contributed by atoms with E-state index >= 15 is 0 Å². The predicted molar refractivity (Wildman–Crippen MR) is 116 cm³/mol. The number of methoxy groups -OCH3 is 2. The fourth-order valence-corrected chi connectivity index (χ4v) is 2.54. The molecule has 0 radical (unpaired) electrons. The Balaban J connectivity index is 1.80. The predicted octanol–water partition coefficient (Wildman–Crippen LogP) is 3.57. The van der Waals surface area contributed by atoms with Crippen LogP contribution in [0.5, 0.6) is 17.2 Å². The van der Waals surface area contributed by atoms with Gasteiger partial charge in [0, 0.05) is 38.9 Å². The lowest BCUT2D eigenvalue weighted by Crippen LogP contribution is -2.37. The van der Waals surface area contributed by atoms with Crippen molar-refractivity contribution in [2.24, 2.45) is 4.99 Å². The lowest BCUT2D eigenvalue weighted by Gasteiger charge is -2.18. The number of aliphatic imine (C=N–C) groups is 1. The average molecular weight is 402 g/mol. The molecule has 2 rings (SSSR count). The summed E-state index contributed by atoms with van der Waals surface area (Å²) in [5.41, 5.74) is 0.895. The first-order valence-corrected chi connectivity index (χ1v) is 9.64. The number of hydrogen-bond donors (Lipinski definition) is 2. The molecule has 2 aromatic rings. The van der Waals surface area contributed by atoms with E-state index in [1.807, 2.05) is 55.5 Å². The molecule has 7 heteroatoms. The molecular weight excluding hydrogens is 370 g/mol. The molecule has 29 heavy (non-hydrogen) atoms. The van der Waals surface area contributed by atoms with E-state index < -0.39 is 0 Å². The minimum absolute atomic E-state index is 0.0441. The topological polar surface area (TPSA) is 73.3 Å². The monoisotopic (exact) mass is 401 g/mol. The smallest absolute Gasteiger partial charge is 0.195 e. The van der Waals surface area contributed by atoms with Crippen LogP contribution in [0, 0.1) is 0 Å². The summed E-state index contributed by atoms with van der Waals surface area (Å²) in [6, 6.07) is 15.3. The van der Waals surface area contributed by atoms with Gasteiger partial charge in [-0.3, -0.25) is 4.99 Å². The van der Waals surface area contributed by atoms with Gasteiger partial charge in [0.15, 0.2) is 5.96 Å². The SMILES string of the molecule is CN=C(NCC(C)Oc1ccc(OC)cc1)Nc1cccc(OCCCOC)c1. The van der Waals surface area contributed by atoms with Crippen molar-refractivity contribution in [1.82, 2.24) is 5.32 Å². The molecule has 1 unspecified atom stereocenters. The third-order valence-electron chi connectivity index (χ3n) is 4.04. The largest absolute Gasteiger partial charge is 0.497 e. The summed E-state index contributed by atoms with van der Waals surface area (Å²) in [6.45, 7) is 3.90. The lowest BCUT2D eigenvalue weighted by atomic mass is 10.3. The van der Waals surface area contributed by atoms with Crippen LogP contribution in [0.1, 0.15) is 13.3 Å². The van der Waals surface area contributed by atoms with Gasteiger partial charge in [-0.2, -0.15) is 0 Å². The first-order chi connectivity index (χ1) is 14.1. The third kappa shape index (κ3) is 8.31. The van der Waals surface area contributed by atoms with Crippen LogP contribution >= 0.6 is 0 Å². The zero-order valence-electron chi connectivity index (χ0n) is 17.6. The molecule has 0 fully saturated rings. The number of guanidine groups is 1. The van der Waals surface area contributed by atoms with E-state index in [9.17, 15) is 0 Å². The highest BCUT2D eigenvalue weighted by atomic mass is 16.5. The number of ether oxygens (including phenoxy) is 4. The molecule has 0 aromatic heterocycles. The molecule has 0 spiro atoms. The van der Waals surface area contributed by atoms with Gasteiger partial charge in [-0.1, -0.05) is 6.07 Å². The van der Waals surface area contributed by atoms with E-state index in [2.05, 4.69) is 15.6 Å². The van der Waals surface area contributed by atoms with Gasteiger partial charge in [0.2, 0.25) is 0 Å². The van der Waals surface area contributed by atoms with E-state index in [4.69, 9.17) is 18.9 Å². The van der Waals surface area contributed by atoms with Crippen LogP contribution in [0.25, 0.3) is 0 Å². The molecule has 0 aliphatic rings. The fraction of sp³-hybridized carbons (Fsp3) is 0.409. The van der Waals surface area contributed by atoms with Crippen molar-refractivity contribution >= 4 is 11.6 Å². The second kappa shape index (κ2) is 12.5. The van der Waals surface area contributed by atoms with E-state index in [1.165, 1.54) is 0 Å². The van der Waals surface area contributed by atoms with Crippen LogP contribution < -0.4 is 24.8 Å². The maximum atomic E-state index is 5.91. The van der Waals surface area contributed by atoms with Gasteiger partial charge in [0.1, 0.15) is 23.4 Å². The lowest BCUT2D eigenvalue weighted by molar-refractivity contribution is 0.172. The quantitative estimate of drug-likeness (QED) is 0.341. The first-order valence-electron chi connectivity index (χ1n) is 9.64. The molecule has 0 heterocycles. The van der Waals surface area contributed by atoms with Gasteiger partial charge in [-0.25, -0.2) is 0 Å². The molecule has 0 aliphatic carbocycles. The van der Waals surface area contributed by atoms with Gasteiger partial charge in [0.25, 0.3) is 0 Å². The highest BCUT2D eigenvalue weighted by Crippen LogP contribution is 2.19. The summed E-state index contributed by atoms with van der Waals surface area (Å²) in [5.74, 6) is 3.06. The highest BCUT2D eigenvalue weighted by molar-refractivity contribution is 5.93. The molecular formula is C22H31N3O4. The van der Waals surface area contributed by atoms with Gasteiger partial charge >= 0.3 is 0 Å². The number of anilines is 1. The normalized spacial score (nSPS) is 12.2. The van der Waals surface area contributed by atoms with E-state index in [0.717, 1.165) is 29.4 Å². The molecule has 0 aliphatic heterocycles. The van der Waals surface area contributed by atoms with Crippen LogP contribution in [-0.2, 0) is 4.74 Å². The molecule has 0 bridgehead atoms. The van der Waals surface area contributed by atoms with Crippen molar-refractivity contribution in [3.8, 4) is 17.2 Å². The summed E-state index contributed by atoms with van der Waals surface area (Å²) in [5, 5.41) is 6.54. The van der Waals surface area contributed by atoms with Gasteiger partial charge in [-0.15, -0.1) is 0 Å². The summed E-state index contributed by atoms with van der Waals surface area (Å²) in [7, 11) is 5.06. The van der Waals surface area contributed by atoms with Crippen LogP contribution in [-0.4, -0.2) is 53.1 Å². The number of hydrogen-bond acceptors (Lipinski definition) is 5. The molecule has 158 valence electrons. The summed E-state index contributed by atoms with van der Waals surface area (Å²) in [6.07, 6.45) is 0.807. The molecule has 0 saturated heterocycles. The number of nitrogens with one attached hydrogen (secondary N) is 2. The van der Waals surface area contributed by atoms with Crippen LogP contribution in [0.15, 0.2) is 53.5 Å². The molecule has 7 nitrogen and oxygen atoms in total. The minimum atomic E-state index is -0.0441. The zero-order valence-corrected chi connectivity index (χ0v) is 17.6. The maximum Gasteiger partial charge on any atom is 0.195 e. The zero-order chi connectivity index (χ0) is 20.9. The van der Waals surface area contributed by atoms with Gasteiger partial charge in [0.05, 0.1) is 20.3 Å². The summed E-state index contributed by atoms with van der Waals surface area (Å²) >= 11 is 0. The molecule has 0 saturated carbocycles. The second-order valence-corrected chi connectivity index (χ2v) is 6.40. The Bertz CT molecular complexity index is 750. The minimum Gasteiger partial charge on any atom is -0.497 e. The molecule has 0 amide bonds. The van der Waals surface area contributed by atoms with Crippen LogP contribution in [0.2, 0.25) is 0 Å². The van der Waals surface area contributed by atoms with E-state index in [0.29, 0.717) is 25.7 Å². The Morgan fingerprint density at radius 2 is 1.76 bits per heavy atom. The Labute approximate surface area is 173 Å². The molecule has 1 atom stereocenters. The molecule has 2 N–H and O–H groups in total. The number of rotatable bonds is 11. The highest BCUT2D eigenvalue weighted by Gasteiger charge is 2.07. The van der Waals surface area contributed by atoms with E-state index in [1.54, 1.807) is 21.3 Å². The number of benzene rings is 2. The first kappa shape index (κ1) is 22.4. The van der Waals surface area contributed by atoms with Crippen LogP contribution in [0.4, 0.5) is 5.69 Å². The standard InChI is InChI=1S/C22H31N3O4/c1-17(29-20-11-9-19(27-4)10-12-20)16-24-22(23-2)25-18-7-5-8-21(15-18)28-14-6-13-26-3/h5,7-12,15,17H,6,13-14,16H2,1-4H3,(H2,23,24,25).